The van der Waals surface area contributed by atoms with Gasteiger partial charge in [0.2, 0.25) is 0 Å². The van der Waals surface area contributed by atoms with Crippen LogP contribution in [0.5, 0.6) is 0 Å². The zero-order valence-corrected chi connectivity index (χ0v) is 10.8. The number of aromatic amines is 1. The summed E-state index contributed by atoms with van der Waals surface area (Å²) < 4.78 is 0. The van der Waals surface area contributed by atoms with Gasteiger partial charge in [-0.15, -0.1) is 0 Å². The van der Waals surface area contributed by atoms with Crippen LogP contribution in [0, 0.1) is 6.92 Å². The molecule has 2 rings (SSSR count). The Morgan fingerprint density at radius 3 is 2.89 bits per heavy atom. The highest BCUT2D eigenvalue weighted by atomic mass is 35.5. The smallest absolute Gasteiger partial charge is 0.271 e. The molecule has 0 unspecified atom stereocenters. The molecule has 0 bridgehead atoms. The first kappa shape index (κ1) is 12.6. The lowest BCUT2D eigenvalue weighted by molar-refractivity contribution is 0.0949. The molecule has 5 heteroatoms. The fourth-order valence-corrected chi connectivity index (χ4v) is 1.87. The second-order valence-electron chi connectivity index (χ2n) is 4.03. The fraction of sp³-hybridized carbons (Fsp3) is 0.231. The van der Waals surface area contributed by atoms with Crippen molar-refractivity contribution in [2.75, 3.05) is 6.54 Å². The maximum Gasteiger partial charge on any atom is 0.271 e. The summed E-state index contributed by atoms with van der Waals surface area (Å²) in [5.74, 6) is -0.175. The number of H-pyrrole nitrogens is 1. The summed E-state index contributed by atoms with van der Waals surface area (Å²) >= 11 is 6.03. The number of carbonyl (C=O) groups is 1. The second-order valence-corrected chi connectivity index (χ2v) is 4.44. The number of carbonyl (C=O) groups excluding carboxylic acids is 1. The molecule has 0 spiro atoms. The molecule has 0 atom stereocenters. The number of amides is 1. The first-order valence-electron chi connectivity index (χ1n) is 5.70. The molecule has 2 N–H and O–H groups in total. The molecule has 1 amide bonds. The van der Waals surface area contributed by atoms with Gasteiger partial charge in [0, 0.05) is 17.3 Å². The van der Waals surface area contributed by atoms with E-state index in [9.17, 15) is 4.79 Å². The van der Waals surface area contributed by atoms with E-state index >= 15 is 0 Å². The zero-order chi connectivity index (χ0) is 13.0. The van der Waals surface area contributed by atoms with Gasteiger partial charge in [-0.3, -0.25) is 9.89 Å². The summed E-state index contributed by atoms with van der Waals surface area (Å²) in [6.45, 7) is 2.39. The minimum absolute atomic E-state index is 0.175. The van der Waals surface area contributed by atoms with Crippen LogP contribution in [0.4, 0.5) is 0 Å². The topological polar surface area (TPSA) is 57.8 Å². The number of nitrogens with zero attached hydrogens (tertiary/aromatic N) is 1. The Bertz CT molecular complexity index is 551. The summed E-state index contributed by atoms with van der Waals surface area (Å²) in [5.41, 5.74) is 2.30. The average Bonchev–Trinajstić information content (AvgIpc) is 2.78. The highest BCUT2D eigenvalue weighted by molar-refractivity contribution is 6.31. The Morgan fingerprint density at radius 1 is 1.44 bits per heavy atom. The van der Waals surface area contributed by atoms with E-state index in [0.717, 1.165) is 16.3 Å². The number of hydrogen-bond donors (Lipinski definition) is 2. The molecule has 0 saturated carbocycles. The number of aromatic nitrogens is 2. The van der Waals surface area contributed by atoms with Gasteiger partial charge in [0.25, 0.3) is 5.91 Å². The van der Waals surface area contributed by atoms with Gasteiger partial charge in [0.15, 0.2) is 0 Å². The van der Waals surface area contributed by atoms with E-state index in [-0.39, 0.29) is 5.91 Å². The molecule has 0 saturated heterocycles. The molecule has 18 heavy (non-hydrogen) atoms. The molecule has 0 aliphatic rings. The van der Waals surface area contributed by atoms with Crippen LogP contribution in [-0.4, -0.2) is 22.6 Å². The number of halogens is 1. The summed E-state index contributed by atoms with van der Waals surface area (Å²) in [7, 11) is 0. The summed E-state index contributed by atoms with van der Waals surface area (Å²) in [6, 6.07) is 9.32. The highest BCUT2D eigenvalue weighted by Crippen LogP contribution is 2.14. The van der Waals surface area contributed by atoms with Crippen molar-refractivity contribution in [3.05, 3.63) is 52.3 Å². The van der Waals surface area contributed by atoms with Gasteiger partial charge in [0.1, 0.15) is 5.69 Å². The number of hydrogen-bond acceptors (Lipinski definition) is 2. The first-order valence-corrected chi connectivity index (χ1v) is 6.08. The number of benzene rings is 1. The van der Waals surface area contributed by atoms with E-state index in [4.69, 9.17) is 11.6 Å². The van der Waals surface area contributed by atoms with Crippen LogP contribution in [0.15, 0.2) is 30.3 Å². The van der Waals surface area contributed by atoms with Crippen molar-refractivity contribution >= 4 is 17.5 Å². The molecule has 1 aromatic carbocycles. The highest BCUT2D eigenvalue weighted by Gasteiger charge is 2.08. The van der Waals surface area contributed by atoms with Crippen molar-refractivity contribution < 1.29 is 4.79 Å². The number of nitrogens with one attached hydrogen (secondary N) is 2. The maximum absolute atomic E-state index is 11.7. The minimum atomic E-state index is -0.175. The summed E-state index contributed by atoms with van der Waals surface area (Å²) in [6.07, 6.45) is 0.703. The third-order valence-electron chi connectivity index (χ3n) is 2.58. The summed E-state index contributed by atoms with van der Waals surface area (Å²) in [5, 5.41) is 10.2. The van der Waals surface area contributed by atoms with E-state index in [2.05, 4.69) is 15.5 Å². The van der Waals surface area contributed by atoms with Crippen molar-refractivity contribution in [1.82, 2.24) is 15.5 Å². The minimum Gasteiger partial charge on any atom is -0.350 e. The van der Waals surface area contributed by atoms with E-state index in [1.165, 1.54) is 0 Å². The van der Waals surface area contributed by atoms with Crippen LogP contribution in [0.3, 0.4) is 0 Å². The van der Waals surface area contributed by atoms with Crippen molar-refractivity contribution in [3.63, 3.8) is 0 Å². The van der Waals surface area contributed by atoms with Gasteiger partial charge in [0.05, 0.1) is 0 Å². The predicted molar refractivity (Wildman–Crippen MR) is 70.8 cm³/mol. The van der Waals surface area contributed by atoms with Crippen LogP contribution >= 0.6 is 11.6 Å². The van der Waals surface area contributed by atoms with Crippen molar-refractivity contribution in [1.29, 1.82) is 0 Å². The quantitative estimate of drug-likeness (QED) is 0.890. The molecule has 4 nitrogen and oxygen atoms in total. The Kier molecular flexibility index (Phi) is 3.99. The second kappa shape index (κ2) is 5.69. The Labute approximate surface area is 110 Å². The lowest BCUT2D eigenvalue weighted by atomic mass is 10.1. The molecule has 0 aliphatic heterocycles. The number of aryl methyl sites for hydroxylation is 1. The van der Waals surface area contributed by atoms with Crippen LogP contribution < -0.4 is 5.32 Å². The molecule has 1 aromatic heterocycles. The predicted octanol–water partition coefficient (Wildman–Crippen LogP) is 2.34. The van der Waals surface area contributed by atoms with Gasteiger partial charge in [-0.05, 0) is 31.0 Å². The molecule has 0 radical (unpaired) electrons. The van der Waals surface area contributed by atoms with Gasteiger partial charge in [-0.1, -0.05) is 29.8 Å². The lowest BCUT2D eigenvalue weighted by Crippen LogP contribution is -2.26. The lowest BCUT2D eigenvalue weighted by Gasteiger charge is -2.05. The Morgan fingerprint density at radius 2 is 2.22 bits per heavy atom. The molecule has 94 valence electrons. The van der Waals surface area contributed by atoms with Gasteiger partial charge < -0.3 is 5.32 Å². The molecular formula is C13H14ClN3O. The van der Waals surface area contributed by atoms with Crippen molar-refractivity contribution in [2.24, 2.45) is 0 Å². The Balaban J connectivity index is 1.86. The van der Waals surface area contributed by atoms with Crippen LogP contribution in [0.25, 0.3) is 0 Å². The van der Waals surface area contributed by atoms with Crippen LogP contribution in [-0.2, 0) is 6.42 Å². The fourth-order valence-electron chi connectivity index (χ4n) is 1.64. The number of rotatable bonds is 4. The first-order chi connectivity index (χ1) is 8.66. The third kappa shape index (κ3) is 3.11. The molecule has 2 aromatic rings. The van der Waals surface area contributed by atoms with Crippen molar-refractivity contribution in [2.45, 2.75) is 13.3 Å². The van der Waals surface area contributed by atoms with Gasteiger partial charge >= 0.3 is 0 Å². The van der Waals surface area contributed by atoms with E-state index < -0.39 is 0 Å². The molecule has 0 fully saturated rings. The maximum atomic E-state index is 11.7. The molecular weight excluding hydrogens is 250 g/mol. The van der Waals surface area contributed by atoms with E-state index in [1.54, 1.807) is 6.07 Å². The normalized spacial score (nSPS) is 10.3. The summed E-state index contributed by atoms with van der Waals surface area (Å²) in [4.78, 5) is 11.7. The van der Waals surface area contributed by atoms with E-state index in [0.29, 0.717) is 18.7 Å². The molecule has 0 aliphatic carbocycles. The average molecular weight is 264 g/mol. The van der Waals surface area contributed by atoms with Crippen molar-refractivity contribution in [3.8, 4) is 0 Å². The largest absolute Gasteiger partial charge is 0.350 e. The van der Waals surface area contributed by atoms with Gasteiger partial charge in [-0.25, -0.2) is 0 Å². The standard InChI is InChI=1S/C13H14ClN3O/c1-9-8-12(17-16-9)13(18)15-7-6-10-4-2-3-5-11(10)14/h2-5,8H,6-7H2,1H3,(H,15,18)(H,16,17). The molecule has 1 heterocycles. The monoisotopic (exact) mass is 263 g/mol. The van der Waals surface area contributed by atoms with E-state index in [1.807, 2.05) is 31.2 Å². The Hall–Kier alpha value is -1.81. The van der Waals surface area contributed by atoms with Crippen LogP contribution in [0.2, 0.25) is 5.02 Å². The zero-order valence-electron chi connectivity index (χ0n) is 10.0. The third-order valence-corrected chi connectivity index (χ3v) is 2.95. The SMILES string of the molecule is Cc1cc(C(=O)NCCc2ccccc2Cl)n[nH]1. The van der Waals surface area contributed by atoms with Crippen LogP contribution in [0.1, 0.15) is 21.7 Å². The van der Waals surface area contributed by atoms with Gasteiger partial charge in [-0.2, -0.15) is 5.10 Å².